The largest absolute Gasteiger partial charge is 0.378 e. The van der Waals surface area contributed by atoms with Crippen LogP contribution in [0.4, 0.5) is 17.5 Å². The molecule has 4 rings (SSSR count). The second kappa shape index (κ2) is 7.94. The van der Waals surface area contributed by atoms with Crippen molar-refractivity contribution >= 4 is 34.5 Å². The highest BCUT2D eigenvalue weighted by Crippen LogP contribution is 2.26. The number of hydrogen-bond donors (Lipinski definition) is 3. The SMILES string of the molecule is CC(N)C(=O)Nc1ccc(-c2cnc3nc(N)nc(N4CCOCC4)c3n2)cc1. The predicted octanol–water partition coefficient (Wildman–Crippen LogP) is 0.791. The van der Waals surface area contributed by atoms with Gasteiger partial charge < -0.3 is 26.4 Å². The Balaban J connectivity index is 1.68. The summed E-state index contributed by atoms with van der Waals surface area (Å²) in [6, 6.07) is 6.73. The molecule has 3 heterocycles. The fourth-order valence-electron chi connectivity index (χ4n) is 3.02. The molecule has 5 N–H and O–H groups in total. The van der Waals surface area contributed by atoms with Crippen LogP contribution in [-0.4, -0.2) is 58.2 Å². The second-order valence-electron chi connectivity index (χ2n) is 6.79. The maximum absolute atomic E-state index is 11.7. The summed E-state index contributed by atoms with van der Waals surface area (Å²) in [6.45, 7) is 4.27. The maximum Gasteiger partial charge on any atom is 0.240 e. The zero-order valence-electron chi connectivity index (χ0n) is 16.0. The van der Waals surface area contributed by atoms with Gasteiger partial charge in [-0.1, -0.05) is 12.1 Å². The molecule has 1 aliphatic heterocycles. The van der Waals surface area contributed by atoms with Crippen molar-refractivity contribution in [3.63, 3.8) is 0 Å². The normalized spacial score (nSPS) is 15.3. The average molecular weight is 394 g/mol. The number of hydrogen-bond acceptors (Lipinski definition) is 9. The molecule has 1 aromatic carbocycles. The van der Waals surface area contributed by atoms with E-state index in [1.807, 2.05) is 12.1 Å². The van der Waals surface area contributed by atoms with E-state index in [2.05, 4.69) is 25.2 Å². The van der Waals surface area contributed by atoms with E-state index in [-0.39, 0.29) is 11.9 Å². The number of morpholine rings is 1. The fourth-order valence-corrected chi connectivity index (χ4v) is 3.02. The second-order valence-corrected chi connectivity index (χ2v) is 6.79. The van der Waals surface area contributed by atoms with Gasteiger partial charge in [0.15, 0.2) is 17.0 Å². The predicted molar refractivity (Wildman–Crippen MR) is 110 cm³/mol. The summed E-state index contributed by atoms with van der Waals surface area (Å²) in [7, 11) is 0. The number of nitrogen functional groups attached to an aromatic ring is 1. The molecule has 1 aliphatic rings. The molecule has 3 aromatic rings. The van der Waals surface area contributed by atoms with Crippen molar-refractivity contribution in [2.24, 2.45) is 5.73 Å². The molecule has 1 fully saturated rings. The van der Waals surface area contributed by atoms with Crippen LogP contribution in [0.25, 0.3) is 22.4 Å². The van der Waals surface area contributed by atoms with Crippen molar-refractivity contribution in [2.45, 2.75) is 13.0 Å². The number of amides is 1. The summed E-state index contributed by atoms with van der Waals surface area (Å²) in [5.74, 6) is 0.578. The minimum Gasteiger partial charge on any atom is -0.378 e. The number of benzene rings is 1. The Morgan fingerprint density at radius 1 is 1.17 bits per heavy atom. The Labute approximate surface area is 167 Å². The minimum atomic E-state index is -0.577. The molecule has 0 spiro atoms. The van der Waals surface area contributed by atoms with Gasteiger partial charge in [-0.25, -0.2) is 9.97 Å². The first kappa shape index (κ1) is 19.0. The number of ether oxygens (including phenoxy) is 1. The first-order valence-corrected chi connectivity index (χ1v) is 9.31. The molecular formula is C19H22N8O2. The molecule has 1 amide bonds. The summed E-state index contributed by atoms with van der Waals surface area (Å²) < 4.78 is 5.42. The van der Waals surface area contributed by atoms with Crippen LogP contribution in [0.1, 0.15) is 6.92 Å². The highest BCUT2D eigenvalue weighted by Gasteiger charge is 2.19. The van der Waals surface area contributed by atoms with Gasteiger partial charge in [0.1, 0.15) is 0 Å². The summed E-state index contributed by atoms with van der Waals surface area (Å²) in [6.07, 6.45) is 1.65. The van der Waals surface area contributed by atoms with Crippen molar-refractivity contribution in [3.8, 4) is 11.3 Å². The fraction of sp³-hybridized carbons (Fsp3) is 0.316. The van der Waals surface area contributed by atoms with Crippen molar-refractivity contribution in [1.82, 2.24) is 19.9 Å². The van der Waals surface area contributed by atoms with Crippen LogP contribution in [0.5, 0.6) is 0 Å². The van der Waals surface area contributed by atoms with Crippen LogP contribution in [-0.2, 0) is 9.53 Å². The van der Waals surface area contributed by atoms with Gasteiger partial charge in [-0.3, -0.25) is 4.79 Å². The van der Waals surface area contributed by atoms with Crippen LogP contribution < -0.4 is 21.7 Å². The molecular weight excluding hydrogens is 372 g/mol. The molecule has 1 atom stereocenters. The molecule has 1 saturated heterocycles. The Morgan fingerprint density at radius 3 is 2.59 bits per heavy atom. The number of aromatic nitrogens is 4. The smallest absolute Gasteiger partial charge is 0.240 e. The van der Waals surface area contributed by atoms with Crippen molar-refractivity contribution in [2.75, 3.05) is 42.3 Å². The van der Waals surface area contributed by atoms with Gasteiger partial charge >= 0.3 is 0 Å². The summed E-state index contributed by atoms with van der Waals surface area (Å²) in [5.41, 5.74) is 14.7. The van der Waals surface area contributed by atoms with Gasteiger partial charge in [0.25, 0.3) is 0 Å². The zero-order valence-corrected chi connectivity index (χ0v) is 16.0. The number of rotatable bonds is 4. The minimum absolute atomic E-state index is 0.162. The molecule has 150 valence electrons. The van der Waals surface area contributed by atoms with Gasteiger partial charge in [-0.05, 0) is 19.1 Å². The number of anilines is 3. The molecule has 2 aromatic heterocycles. The Morgan fingerprint density at radius 2 is 1.90 bits per heavy atom. The Hall–Kier alpha value is -3.37. The monoisotopic (exact) mass is 394 g/mol. The topological polar surface area (TPSA) is 145 Å². The highest BCUT2D eigenvalue weighted by atomic mass is 16.5. The lowest BCUT2D eigenvalue weighted by Crippen LogP contribution is -2.37. The molecule has 0 saturated carbocycles. The van der Waals surface area contributed by atoms with Gasteiger partial charge in [0.05, 0.1) is 31.1 Å². The third kappa shape index (κ3) is 4.08. The Bertz CT molecular complexity index is 1030. The van der Waals surface area contributed by atoms with E-state index in [9.17, 15) is 4.79 Å². The number of fused-ring (bicyclic) bond motifs is 1. The third-order valence-corrected chi connectivity index (χ3v) is 4.58. The van der Waals surface area contributed by atoms with E-state index in [1.165, 1.54) is 0 Å². The van der Waals surface area contributed by atoms with E-state index in [1.54, 1.807) is 25.3 Å². The van der Waals surface area contributed by atoms with Crippen LogP contribution in [0.2, 0.25) is 0 Å². The first-order chi connectivity index (χ1) is 14.0. The number of nitrogens with two attached hydrogens (primary N) is 2. The molecule has 0 aliphatic carbocycles. The van der Waals surface area contributed by atoms with Gasteiger partial charge in [-0.15, -0.1) is 0 Å². The average Bonchev–Trinajstić information content (AvgIpc) is 2.74. The van der Waals surface area contributed by atoms with Crippen LogP contribution in [0, 0.1) is 0 Å². The summed E-state index contributed by atoms with van der Waals surface area (Å²) >= 11 is 0. The molecule has 0 bridgehead atoms. The van der Waals surface area contributed by atoms with Crippen molar-refractivity contribution in [3.05, 3.63) is 30.5 Å². The maximum atomic E-state index is 11.7. The van der Waals surface area contributed by atoms with Crippen LogP contribution >= 0.6 is 0 Å². The van der Waals surface area contributed by atoms with Gasteiger partial charge in [0.2, 0.25) is 11.9 Å². The van der Waals surface area contributed by atoms with E-state index in [0.29, 0.717) is 54.7 Å². The molecule has 10 heteroatoms. The van der Waals surface area contributed by atoms with E-state index in [4.69, 9.17) is 21.2 Å². The lowest BCUT2D eigenvalue weighted by atomic mass is 10.1. The molecule has 0 radical (unpaired) electrons. The summed E-state index contributed by atoms with van der Waals surface area (Å²) in [4.78, 5) is 31.6. The van der Waals surface area contributed by atoms with Gasteiger partial charge in [-0.2, -0.15) is 9.97 Å². The highest BCUT2D eigenvalue weighted by molar-refractivity contribution is 5.94. The van der Waals surface area contributed by atoms with E-state index < -0.39 is 6.04 Å². The zero-order chi connectivity index (χ0) is 20.4. The quantitative estimate of drug-likeness (QED) is 0.584. The van der Waals surface area contributed by atoms with Crippen molar-refractivity contribution in [1.29, 1.82) is 0 Å². The number of nitrogens with one attached hydrogen (secondary N) is 1. The molecule has 10 nitrogen and oxygen atoms in total. The van der Waals surface area contributed by atoms with E-state index >= 15 is 0 Å². The number of nitrogens with zero attached hydrogens (tertiary/aromatic N) is 5. The number of carbonyl (C=O) groups is 1. The molecule has 1 unspecified atom stereocenters. The standard InChI is InChI=1S/C19H22N8O2/c1-11(20)18(28)23-13-4-2-12(3-5-13)14-10-22-16-15(24-14)17(26-19(21)25-16)27-6-8-29-9-7-27/h2-5,10-11H,6-9,20H2,1H3,(H,23,28)(H2,21,22,25,26). The first-order valence-electron chi connectivity index (χ1n) is 9.31. The summed E-state index contributed by atoms with van der Waals surface area (Å²) in [5, 5.41) is 2.76. The van der Waals surface area contributed by atoms with Crippen LogP contribution in [0.3, 0.4) is 0 Å². The van der Waals surface area contributed by atoms with Gasteiger partial charge in [0, 0.05) is 24.3 Å². The Kier molecular flexibility index (Phi) is 5.19. The molecule has 29 heavy (non-hydrogen) atoms. The van der Waals surface area contributed by atoms with Crippen LogP contribution in [0.15, 0.2) is 30.5 Å². The lowest BCUT2D eigenvalue weighted by Gasteiger charge is -2.28. The number of carbonyl (C=O) groups excluding carboxylic acids is 1. The third-order valence-electron chi connectivity index (χ3n) is 4.58. The lowest BCUT2D eigenvalue weighted by molar-refractivity contribution is -0.117. The van der Waals surface area contributed by atoms with Crippen molar-refractivity contribution < 1.29 is 9.53 Å². The van der Waals surface area contributed by atoms with E-state index in [0.717, 1.165) is 5.56 Å².